The number of para-hydroxylation sites is 1. The van der Waals surface area contributed by atoms with Crippen LogP contribution in [-0.2, 0) is 6.42 Å². The SMILES string of the molecule is CCCNCCC(C)N1CCCCc2ccccc21. The molecule has 0 bridgehead atoms. The molecule has 2 heteroatoms. The summed E-state index contributed by atoms with van der Waals surface area (Å²) in [7, 11) is 0. The van der Waals surface area contributed by atoms with E-state index in [1.807, 2.05) is 0 Å². The van der Waals surface area contributed by atoms with Crippen molar-refractivity contribution in [3.8, 4) is 0 Å². The number of hydrogen-bond acceptors (Lipinski definition) is 2. The molecular weight excluding hydrogens is 232 g/mol. The maximum absolute atomic E-state index is 3.52. The van der Waals surface area contributed by atoms with Gasteiger partial charge in [-0.05, 0) is 63.7 Å². The van der Waals surface area contributed by atoms with Crippen LogP contribution in [-0.4, -0.2) is 25.7 Å². The smallest absolute Gasteiger partial charge is 0.0401 e. The van der Waals surface area contributed by atoms with E-state index in [1.54, 1.807) is 0 Å². The summed E-state index contributed by atoms with van der Waals surface area (Å²) >= 11 is 0. The summed E-state index contributed by atoms with van der Waals surface area (Å²) in [5.74, 6) is 0. The number of aryl methyl sites for hydroxylation is 1. The molecule has 2 nitrogen and oxygen atoms in total. The molecule has 2 rings (SSSR count). The Kier molecular flexibility index (Phi) is 5.71. The van der Waals surface area contributed by atoms with Crippen LogP contribution in [0.2, 0.25) is 0 Å². The lowest BCUT2D eigenvalue weighted by molar-refractivity contribution is 0.542. The van der Waals surface area contributed by atoms with Crippen molar-refractivity contribution in [2.45, 2.75) is 52.0 Å². The molecule has 1 heterocycles. The minimum absolute atomic E-state index is 0.628. The molecule has 0 saturated heterocycles. The van der Waals surface area contributed by atoms with Crippen LogP contribution in [0.25, 0.3) is 0 Å². The summed E-state index contributed by atoms with van der Waals surface area (Å²) in [6, 6.07) is 9.59. The predicted molar refractivity (Wildman–Crippen MR) is 84.0 cm³/mol. The highest BCUT2D eigenvalue weighted by molar-refractivity contribution is 5.55. The highest BCUT2D eigenvalue weighted by Gasteiger charge is 2.19. The van der Waals surface area contributed by atoms with Gasteiger partial charge >= 0.3 is 0 Å². The van der Waals surface area contributed by atoms with Crippen LogP contribution in [0.1, 0.15) is 45.1 Å². The van der Waals surface area contributed by atoms with Crippen molar-refractivity contribution in [3.05, 3.63) is 29.8 Å². The van der Waals surface area contributed by atoms with E-state index in [2.05, 4.69) is 48.3 Å². The Morgan fingerprint density at radius 3 is 2.89 bits per heavy atom. The van der Waals surface area contributed by atoms with Gasteiger partial charge in [0, 0.05) is 18.3 Å². The monoisotopic (exact) mass is 260 g/mol. The Morgan fingerprint density at radius 1 is 1.21 bits per heavy atom. The van der Waals surface area contributed by atoms with E-state index in [0.717, 1.165) is 13.1 Å². The number of fused-ring (bicyclic) bond motifs is 1. The van der Waals surface area contributed by atoms with Crippen LogP contribution < -0.4 is 10.2 Å². The van der Waals surface area contributed by atoms with Gasteiger partial charge in [0.05, 0.1) is 0 Å². The Labute approximate surface area is 118 Å². The van der Waals surface area contributed by atoms with Crippen LogP contribution >= 0.6 is 0 Å². The predicted octanol–water partition coefficient (Wildman–Crippen LogP) is 3.61. The highest BCUT2D eigenvalue weighted by Crippen LogP contribution is 2.28. The first-order valence-electron chi connectivity index (χ1n) is 7.88. The summed E-state index contributed by atoms with van der Waals surface area (Å²) in [6.45, 7) is 8.08. The third kappa shape index (κ3) is 3.97. The molecule has 19 heavy (non-hydrogen) atoms. The average molecular weight is 260 g/mol. The molecule has 1 aliphatic rings. The normalized spacial score (nSPS) is 16.8. The maximum Gasteiger partial charge on any atom is 0.0401 e. The lowest BCUT2D eigenvalue weighted by Crippen LogP contribution is -2.36. The summed E-state index contributed by atoms with van der Waals surface area (Å²) in [5.41, 5.74) is 3.01. The molecule has 0 aromatic heterocycles. The molecule has 1 unspecified atom stereocenters. The second-order valence-corrected chi connectivity index (χ2v) is 5.67. The first kappa shape index (κ1) is 14.4. The number of hydrogen-bond donors (Lipinski definition) is 1. The zero-order valence-electron chi connectivity index (χ0n) is 12.5. The van der Waals surface area contributed by atoms with Gasteiger partial charge in [0.1, 0.15) is 0 Å². The van der Waals surface area contributed by atoms with Crippen LogP contribution in [0, 0.1) is 0 Å². The molecule has 1 aromatic rings. The van der Waals surface area contributed by atoms with Crippen molar-refractivity contribution in [2.75, 3.05) is 24.5 Å². The van der Waals surface area contributed by atoms with E-state index in [-0.39, 0.29) is 0 Å². The van der Waals surface area contributed by atoms with E-state index < -0.39 is 0 Å². The minimum atomic E-state index is 0.628. The Bertz CT molecular complexity index is 375. The van der Waals surface area contributed by atoms with Gasteiger partial charge in [-0.15, -0.1) is 0 Å². The average Bonchev–Trinajstić information content (AvgIpc) is 2.66. The first-order valence-corrected chi connectivity index (χ1v) is 7.88. The summed E-state index contributed by atoms with van der Waals surface area (Å²) in [5, 5.41) is 3.52. The Morgan fingerprint density at radius 2 is 2.05 bits per heavy atom. The topological polar surface area (TPSA) is 15.3 Å². The molecule has 106 valence electrons. The Balaban J connectivity index is 1.98. The van der Waals surface area contributed by atoms with Gasteiger partial charge in [0.15, 0.2) is 0 Å². The maximum atomic E-state index is 3.52. The molecule has 0 spiro atoms. The van der Waals surface area contributed by atoms with Crippen LogP contribution in [0.15, 0.2) is 24.3 Å². The standard InChI is InChI=1S/C17H28N2/c1-3-12-18-13-11-15(2)19-14-7-6-9-16-8-4-5-10-17(16)19/h4-5,8,10,15,18H,3,6-7,9,11-14H2,1-2H3. The zero-order valence-corrected chi connectivity index (χ0v) is 12.5. The molecule has 0 radical (unpaired) electrons. The van der Waals surface area contributed by atoms with Crippen molar-refractivity contribution >= 4 is 5.69 Å². The van der Waals surface area contributed by atoms with Gasteiger partial charge in [-0.1, -0.05) is 25.1 Å². The summed E-state index contributed by atoms with van der Waals surface area (Å²) in [4.78, 5) is 2.62. The molecular formula is C17H28N2. The highest BCUT2D eigenvalue weighted by atomic mass is 15.2. The third-order valence-corrected chi connectivity index (χ3v) is 4.09. The van der Waals surface area contributed by atoms with Crippen molar-refractivity contribution in [2.24, 2.45) is 0 Å². The molecule has 1 atom stereocenters. The molecule has 0 amide bonds. The van der Waals surface area contributed by atoms with Gasteiger partial charge in [-0.25, -0.2) is 0 Å². The minimum Gasteiger partial charge on any atom is -0.369 e. The van der Waals surface area contributed by atoms with E-state index in [9.17, 15) is 0 Å². The first-order chi connectivity index (χ1) is 9.33. The third-order valence-electron chi connectivity index (χ3n) is 4.09. The van der Waals surface area contributed by atoms with Crippen molar-refractivity contribution < 1.29 is 0 Å². The van der Waals surface area contributed by atoms with E-state index in [4.69, 9.17) is 0 Å². The van der Waals surface area contributed by atoms with Gasteiger partial charge < -0.3 is 10.2 Å². The quantitative estimate of drug-likeness (QED) is 0.786. The van der Waals surface area contributed by atoms with E-state index in [1.165, 1.54) is 49.9 Å². The fourth-order valence-electron chi connectivity index (χ4n) is 2.95. The van der Waals surface area contributed by atoms with Crippen LogP contribution in [0.3, 0.4) is 0 Å². The second-order valence-electron chi connectivity index (χ2n) is 5.67. The number of anilines is 1. The van der Waals surface area contributed by atoms with E-state index >= 15 is 0 Å². The van der Waals surface area contributed by atoms with Gasteiger partial charge in [-0.2, -0.15) is 0 Å². The molecule has 1 N–H and O–H groups in total. The lowest BCUT2D eigenvalue weighted by atomic mass is 10.1. The van der Waals surface area contributed by atoms with Gasteiger partial charge in [-0.3, -0.25) is 0 Å². The zero-order chi connectivity index (χ0) is 13.5. The molecule has 0 fully saturated rings. The largest absolute Gasteiger partial charge is 0.369 e. The van der Waals surface area contributed by atoms with Gasteiger partial charge in [0.25, 0.3) is 0 Å². The van der Waals surface area contributed by atoms with Crippen LogP contribution in [0.5, 0.6) is 0 Å². The van der Waals surface area contributed by atoms with Crippen molar-refractivity contribution in [1.29, 1.82) is 0 Å². The number of rotatable bonds is 6. The van der Waals surface area contributed by atoms with Crippen molar-refractivity contribution in [1.82, 2.24) is 5.32 Å². The van der Waals surface area contributed by atoms with E-state index in [0.29, 0.717) is 6.04 Å². The van der Waals surface area contributed by atoms with Crippen LogP contribution in [0.4, 0.5) is 5.69 Å². The van der Waals surface area contributed by atoms with Gasteiger partial charge in [0.2, 0.25) is 0 Å². The Hall–Kier alpha value is -1.02. The number of nitrogens with one attached hydrogen (secondary N) is 1. The fraction of sp³-hybridized carbons (Fsp3) is 0.647. The molecule has 0 aliphatic carbocycles. The fourth-order valence-corrected chi connectivity index (χ4v) is 2.95. The molecule has 0 saturated carbocycles. The summed E-state index contributed by atoms with van der Waals surface area (Å²) < 4.78 is 0. The molecule has 1 aliphatic heterocycles. The lowest BCUT2D eigenvalue weighted by Gasteiger charge is -2.31. The van der Waals surface area contributed by atoms with Crippen molar-refractivity contribution in [3.63, 3.8) is 0 Å². The number of nitrogens with zero attached hydrogens (tertiary/aromatic N) is 1. The molecule has 1 aromatic carbocycles. The summed E-state index contributed by atoms with van der Waals surface area (Å²) in [6.07, 6.45) is 6.35. The second kappa shape index (κ2) is 7.54. The number of benzene rings is 1.